The minimum atomic E-state index is -0.0878. The van der Waals surface area contributed by atoms with E-state index in [2.05, 4.69) is 17.1 Å². The first-order valence-corrected chi connectivity index (χ1v) is 5.92. The fraction of sp³-hybridized carbons (Fsp3) is 0.462. The molecule has 0 atom stereocenters. The average Bonchev–Trinajstić information content (AvgIpc) is 2.35. The van der Waals surface area contributed by atoms with Gasteiger partial charge in [0, 0.05) is 26.2 Å². The zero-order valence-corrected chi connectivity index (χ0v) is 10.8. The maximum absolute atomic E-state index is 11.5. The summed E-state index contributed by atoms with van der Waals surface area (Å²) in [6.45, 7) is 3.09. The zero-order chi connectivity index (χ0) is 12.8. The number of amides is 1. The van der Waals surface area contributed by atoms with Gasteiger partial charge >= 0.3 is 0 Å². The molecular weight excluding hydrogens is 214 g/mol. The third-order valence-corrected chi connectivity index (χ3v) is 2.78. The molecule has 1 amide bonds. The second kappa shape index (κ2) is 6.13. The third kappa shape index (κ3) is 3.37. The topological polar surface area (TPSA) is 58.4 Å². The Kier molecular flexibility index (Phi) is 4.82. The van der Waals surface area contributed by atoms with Crippen LogP contribution < -0.4 is 16.0 Å². The maximum Gasteiger partial charge on any atom is 0.251 e. The summed E-state index contributed by atoms with van der Waals surface area (Å²) in [5.41, 5.74) is 8.19. The second-order valence-corrected chi connectivity index (χ2v) is 4.13. The lowest BCUT2D eigenvalue weighted by molar-refractivity contribution is 0.0963. The van der Waals surface area contributed by atoms with Crippen LogP contribution in [0.3, 0.4) is 0 Å². The lowest BCUT2D eigenvalue weighted by atomic mass is 10.1. The molecule has 0 radical (unpaired) electrons. The molecule has 0 aromatic heterocycles. The first-order chi connectivity index (χ1) is 8.10. The number of hydrogen-bond donors (Lipinski definition) is 2. The zero-order valence-electron chi connectivity index (χ0n) is 10.8. The van der Waals surface area contributed by atoms with Crippen molar-refractivity contribution >= 4 is 17.3 Å². The smallest absolute Gasteiger partial charge is 0.251 e. The van der Waals surface area contributed by atoms with E-state index in [1.54, 1.807) is 19.2 Å². The van der Waals surface area contributed by atoms with Crippen LogP contribution in [0.5, 0.6) is 0 Å². The molecule has 0 unspecified atom stereocenters. The predicted octanol–water partition coefficient (Wildman–Crippen LogP) is 1.86. The summed E-state index contributed by atoms with van der Waals surface area (Å²) in [6.07, 6.45) is 2.25. The first kappa shape index (κ1) is 13.4. The molecule has 0 bridgehead atoms. The minimum absolute atomic E-state index is 0.0878. The molecule has 0 saturated carbocycles. The molecule has 0 saturated heterocycles. The Labute approximate surface area is 103 Å². The van der Waals surface area contributed by atoms with Crippen molar-refractivity contribution in [3.63, 3.8) is 0 Å². The van der Waals surface area contributed by atoms with E-state index in [4.69, 9.17) is 5.73 Å². The molecule has 0 aliphatic carbocycles. The number of carbonyl (C=O) groups is 1. The van der Waals surface area contributed by atoms with Crippen LogP contribution in [0.2, 0.25) is 0 Å². The van der Waals surface area contributed by atoms with E-state index in [9.17, 15) is 4.79 Å². The molecular formula is C13H21N3O. The van der Waals surface area contributed by atoms with Crippen molar-refractivity contribution in [2.24, 2.45) is 0 Å². The lowest BCUT2D eigenvalue weighted by Gasteiger charge is -2.21. The summed E-state index contributed by atoms with van der Waals surface area (Å²) in [7, 11) is 3.62. The lowest BCUT2D eigenvalue weighted by Crippen LogP contribution is -2.22. The standard InChI is InChI=1S/C13H21N3O/c1-4-5-8-16(3)12-9-10(13(17)15-2)6-7-11(12)14/h6-7,9H,4-5,8,14H2,1-3H3,(H,15,17). The Morgan fingerprint density at radius 3 is 2.76 bits per heavy atom. The number of anilines is 2. The number of unbranched alkanes of at least 4 members (excludes halogenated alkanes) is 1. The monoisotopic (exact) mass is 235 g/mol. The van der Waals surface area contributed by atoms with Crippen molar-refractivity contribution in [3.8, 4) is 0 Å². The Morgan fingerprint density at radius 2 is 2.18 bits per heavy atom. The van der Waals surface area contributed by atoms with Crippen LogP contribution in [0, 0.1) is 0 Å². The molecule has 3 N–H and O–H groups in total. The predicted molar refractivity (Wildman–Crippen MR) is 72.4 cm³/mol. The summed E-state index contributed by atoms with van der Waals surface area (Å²) in [5, 5.41) is 2.61. The number of carbonyl (C=O) groups excluding carboxylic acids is 1. The van der Waals surface area contributed by atoms with Gasteiger partial charge in [0.2, 0.25) is 0 Å². The number of nitrogens with one attached hydrogen (secondary N) is 1. The van der Waals surface area contributed by atoms with E-state index < -0.39 is 0 Å². The molecule has 1 aromatic carbocycles. The number of nitrogens with two attached hydrogens (primary N) is 1. The number of nitrogen functional groups attached to an aromatic ring is 1. The van der Waals surface area contributed by atoms with Crippen LogP contribution in [0.1, 0.15) is 30.1 Å². The third-order valence-electron chi connectivity index (χ3n) is 2.78. The van der Waals surface area contributed by atoms with Gasteiger partial charge in [-0.15, -0.1) is 0 Å². The largest absolute Gasteiger partial charge is 0.397 e. The van der Waals surface area contributed by atoms with E-state index in [1.165, 1.54) is 0 Å². The van der Waals surface area contributed by atoms with Gasteiger partial charge in [0.1, 0.15) is 0 Å². The SMILES string of the molecule is CCCCN(C)c1cc(C(=O)NC)ccc1N. The van der Waals surface area contributed by atoms with Crippen molar-refractivity contribution in [1.29, 1.82) is 0 Å². The minimum Gasteiger partial charge on any atom is -0.397 e. The summed E-state index contributed by atoms with van der Waals surface area (Å²) < 4.78 is 0. The Hall–Kier alpha value is -1.71. The fourth-order valence-electron chi connectivity index (χ4n) is 1.68. The molecule has 17 heavy (non-hydrogen) atoms. The van der Waals surface area contributed by atoms with Gasteiger partial charge in [0.15, 0.2) is 0 Å². The van der Waals surface area contributed by atoms with Crippen LogP contribution in [0.4, 0.5) is 11.4 Å². The molecule has 94 valence electrons. The van der Waals surface area contributed by atoms with Gasteiger partial charge in [-0.2, -0.15) is 0 Å². The fourth-order valence-corrected chi connectivity index (χ4v) is 1.68. The normalized spacial score (nSPS) is 10.1. The Balaban J connectivity index is 2.93. The van der Waals surface area contributed by atoms with Crippen molar-refractivity contribution < 1.29 is 4.79 Å². The molecule has 1 rings (SSSR count). The maximum atomic E-state index is 11.5. The highest BCUT2D eigenvalue weighted by Gasteiger charge is 2.09. The van der Waals surface area contributed by atoms with E-state index in [0.717, 1.165) is 25.1 Å². The molecule has 1 aromatic rings. The van der Waals surface area contributed by atoms with Gasteiger partial charge in [0.25, 0.3) is 5.91 Å². The van der Waals surface area contributed by atoms with Crippen molar-refractivity contribution in [2.75, 3.05) is 31.3 Å². The van der Waals surface area contributed by atoms with Crippen LogP contribution in [-0.4, -0.2) is 26.5 Å². The molecule has 4 nitrogen and oxygen atoms in total. The van der Waals surface area contributed by atoms with E-state index in [-0.39, 0.29) is 5.91 Å². The first-order valence-electron chi connectivity index (χ1n) is 5.92. The molecule has 4 heteroatoms. The highest BCUT2D eigenvalue weighted by molar-refractivity contribution is 5.96. The quantitative estimate of drug-likeness (QED) is 0.766. The van der Waals surface area contributed by atoms with Gasteiger partial charge in [-0.25, -0.2) is 0 Å². The van der Waals surface area contributed by atoms with Gasteiger partial charge in [0.05, 0.1) is 11.4 Å². The van der Waals surface area contributed by atoms with Crippen LogP contribution in [0.25, 0.3) is 0 Å². The Morgan fingerprint density at radius 1 is 1.47 bits per heavy atom. The molecule has 0 spiro atoms. The molecule has 0 heterocycles. The highest BCUT2D eigenvalue weighted by atomic mass is 16.1. The average molecular weight is 235 g/mol. The van der Waals surface area contributed by atoms with E-state index in [0.29, 0.717) is 11.3 Å². The molecule has 0 aliphatic rings. The van der Waals surface area contributed by atoms with Gasteiger partial charge in [-0.3, -0.25) is 4.79 Å². The Bertz CT molecular complexity index is 390. The van der Waals surface area contributed by atoms with Crippen LogP contribution in [-0.2, 0) is 0 Å². The van der Waals surface area contributed by atoms with Crippen LogP contribution >= 0.6 is 0 Å². The summed E-state index contributed by atoms with van der Waals surface area (Å²) in [5.74, 6) is -0.0878. The van der Waals surface area contributed by atoms with Crippen LogP contribution in [0.15, 0.2) is 18.2 Å². The summed E-state index contributed by atoms with van der Waals surface area (Å²) >= 11 is 0. The number of nitrogens with zero attached hydrogens (tertiary/aromatic N) is 1. The highest BCUT2D eigenvalue weighted by Crippen LogP contribution is 2.23. The molecule has 0 fully saturated rings. The van der Waals surface area contributed by atoms with Crippen molar-refractivity contribution in [1.82, 2.24) is 5.32 Å². The summed E-state index contributed by atoms with van der Waals surface area (Å²) in [6, 6.07) is 5.36. The van der Waals surface area contributed by atoms with Crippen molar-refractivity contribution in [3.05, 3.63) is 23.8 Å². The number of benzene rings is 1. The van der Waals surface area contributed by atoms with E-state index in [1.807, 2.05) is 13.1 Å². The van der Waals surface area contributed by atoms with Gasteiger partial charge in [-0.05, 0) is 24.6 Å². The number of rotatable bonds is 5. The van der Waals surface area contributed by atoms with Crippen molar-refractivity contribution in [2.45, 2.75) is 19.8 Å². The number of hydrogen-bond acceptors (Lipinski definition) is 3. The van der Waals surface area contributed by atoms with E-state index >= 15 is 0 Å². The second-order valence-electron chi connectivity index (χ2n) is 4.13. The van der Waals surface area contributed by atoms with Gasteiger partial charge < -0.3 is 16.0 Å². The summed E-state index contributed by atoms with van der Waals surface area (Å²) in [4.78, 5) is 13.6. The van der Waals surface area contributed by atoms with Gasteiger partial charge in [-0.1, -0.05) is 13.3 Å². The molecule has 0 aliphatic heterocycles.